The predicted octanol–water partition coefficient (Wildman–Crippen LogP) is 1.36. The summed E-state index contributed by atoms with van der Waals surface area (Å²) in [6, 6.07) is 9.01. The van der Waals surface area contributed by atoms with Crippen LogP contribution in [0.2, 0.25) is 0 Å². The van der Waals surface area contributed by atoms with Crippen molar-refractivity contribution < 1.29 is 29.0 Å². The van der Waals surface area contributed by atoms with Crippen molar-refractivity contribution in [2.45, 2.75) is 13.0 Å². The van der Waals surface area contributed by atoms with Crippen LogP contribution >= 0.6 is 0 Å². The van der Waals surface area contributed by atoms with Crippen LogP contribution < -0.4 is 24.7 Å². The van der Waals surface area contributed by atoms with Crippen molar-refractivity contribution in [3.63, 3.8) is 0 Å². The molecule has 10 heteroatoms. The van der Waals surface area contributed by atoms with Gasteiger partial charge in [0, 0.05) is 6.07 Å². The third-order valence-corrected chi connectivity index (χ3v) is 3.76. The number of hydrogen-bond donors (Lipinski definition) is 1. The summed E-state index contributed by atoms with van der Waals surface area (Å²) in [7, 11) is 0. The Balaban J connectivity index is 1.70. The zero-order valence-corrected chi connectivity index (χ0v) is 14.8. The monoisotopic (exact) mass is 386 g/mol. The SMILES string of the molecule is CCOc1cc([N+](=O)[O-])cc(/C=N/NC(=O)[C@H]2COc3ccccc3O2)c1[O-]. The molecule has 28 heavy (non-hydrogen) atoms. The van der Waals surface area contributed by atoms with Gasteiger partial charge in [-0.2, -0.15) is 5.10 Å². The van der Waals surface area contributed by atoms with Crippen molar-refractivity contribution in [2.75, 3.05) is 13.2 Å². The molecule has 146 valence electrons. The molecule has 0 unspecified atom stereocenters. The van der Waals surface area contributed by atoms with E-state index in [4.69, 9.17) is 14.2 Å². The summed E-state index contributed by atoms with van der Waals surface area (Å²) in [6.45, 7) is 1.82. The van der Waals surface area contributed by atoms with Crippen LogP contribution in [0.5, 0.6) is 23.0 Å². The minimum Gasteiger partial charge on any atom is -0.870 e. The second-order valence-electron chi connectivity index (χ2n) is 5.65. The van der Waals surface area contributed by atoms with Crippen LogP contribution in [-0.4, -0.2) is 36.4 Å². The van der Waals surface area contributed by atoms with Gasteiger partial charge in [0.25, 0.3) is 11.6 Å². The molecule has 0 radical (unpaired) electrons. The van der Waals surface area contributed by atoms with Crippen molar-refractivity contribution in [3.05, 3.63) is 52.1 Å². The molecule has 0 fully saturated rings. The maximum absolute atomic E-state index is 12.3. The molecule has 1 atom stereocenters. The molecule has 1 heterocycles. The Bertz CT molecular complexity index is 929. The van der Waals surface area contributed by atoms with Gasteiger partial charge in [0.2, 0.25) is 6.10 Å². The molecule has 3 rings (SSSR count). The van der Waals surface area contributed by atoms with Gasteiger partial charge >= 0.3 is 0 Å². The first kappa shape index (κ1) is 19.0. The van der Waals surface area contributed by atoms with Crippen molar-refractivity contribution in [2.24, 2.45) is 5.10 Å². The normalized spacial score (nSPS) is 15.2. The smallest absolute Gasteiger partial charge is 0.284 e. The number of nitro groups is 1. The molecule has 0 bridgehead atoms. The number of para-hydroxylation sites is 2. The summed E-state index contributed by atoms with van der Waals surface area (Å²) in [5, 5.41) is 27.0. The molecule has 0 aliphatic carbocycles. The van der Waals surface area contributed by atoms with E-state index in [-0.39, 0.29) is 30.2 Å². The Morgan fingerprint density at radius 2 is 2.14 bits per heavy atom. The van der Waals surface area contributed by atoms with E-state index in [0.29, 0.717) is 11.5 Å². The summed E-state index contributed by atoms with van der Waals surface area (Å²) in [5.74, 6) is -0.360. The molecule has 0 aromatic heterocycles. The molecule has 1 amide bonds. The maximum atomic E-state index is 12.3. The van der Waals surface area contributed by atoms with E-state index in [0.717, 1.165) is 18.3 Å². The molecular weight excluding hydrogens is 370 g/mol. The number of carbonyl (C=O) groups excluding carboxylic acids is 1. The first-order valence-electron chi connectivity index (χ1n) is 8.33. The second kappa shape index (κ2) is 8.25. The number of hydrazone groups is 1. The maximum Gasteiger partial charge on any atom is 0.284 e. The number of hydrogen-bond acceptors (Lipinski definition) is 8. The average molecular weight is 386 g/mol. The zero-order chi connectivity index (χ0) is 20.1. The van der Waals surface area contributed by atoms with Gasteiger partial charge in [-0.05, 0) is 24.6 Å². The quantitative estimate of drug-likeness (QED) is 0.450. The lowest BCUT2D eigenvalue weighted by atomic mass is 10.1. The standard InChI is InChI=1S/C18H17N3O7/c1-2-26-15-8-12(21(24)25)7-11(17(15)22)9-19-20-18(23)16-10-27-13-5-3-4-6-14(13)28-16/h3-9,16,22H,2,10H2,1H3,(H,20,23)/p-1/b19-9+/t16-/m1/s1. The van der Waals surface area contributed by atoms with E-state index >= 15 is 0 Å². The van der Waals surface area contributed by atoms with E-state index in [1.54, 1.807) is 31.2 Å². The number of benzene rings is 2. The largest absolute Gasteiger partial charge is 0.870 e. The Kier molecular flexibility index (Phi) is 5.58. The summed E-state index contributed by atoms with van der Waals surface area (Å²) in [6.07, 6.45) is 0.0933. The van der Waals surface area contributed by atoms with Crippen molar-refractivity contribution in [3.8, 4) is 23.0 Å². The fourth-order valence-electron chi connectivity index (χ4n) is 2.46. The highest BCUT2D eigenvalue weighted by Gasteiger charge is 2.27. The highest BCUT2D eigenvalue weighted by atomic mass is 16.6. The van der Waals surface area contributed by atoms with Crippen molar-refractivity contribution in [1.82, 2.24) is 5.43 Å². The van der Waals surface area contributed by atoms with Gasteiger partial charge in [-0.25, -0.2) is 5.43 Å². The molecule has 0 spiro atoms. The van der Waals surface area contributed by atoms with E-state index in [1.807, 2.05) is 0 Å². The van der Waals surface area contributed by atoms with Crippen LogP contribution in [0.25, 0.3) is 0 Å². The number of rotatable bonds is 6. The molecule has 2 aromatic rings. The van der Waals surface area contributed by atoms with E-state index in [1.165, 1.54) is 0 Å². The lowest BCUT2D eigenvalue weighted by Crippen LogP contribution is -2.42. The zero-order valence-electron chi connectivity index (χ0n) is 14.8. The minimum atomic E-state index is -0.928. The van der Waals surface area contributed by atoms with Gasteiger partial charge in [-0.1, -0.05) is 17.9 Å². The number of fused-ring (bicyclic) bond motifs is 1. The highest BCUT2D eigenvalue weighted by molar-refractivity contribution is 5.88. The van der Waals surface area contributed by atoms with Gasteiger partial charge in [0.15, 0.2) is 11.5 Å². The summed E-state index contributed by atoms with van der Waals surface area (Å²) < 4.78 is 16.1. The van der Waals surface area contributed by atoms with Crippen LogP contribution in [0.3, 0.4) is 0 Å². The van der Waals surface area contributed by atoms with E-state index in [9.17, 15) is 20.0 Å². The topological polar surface area (TPSA) is 135 Å². The molecule has 0 saturated heterocycles. The van der Waals surface area contributed by atoms with Gasteiger partial charge in [-0.3, -0.25) is 14.9 Å². The number of nitro benzene ring substituents is 1. The Morgan fingerprint density at radius 3 is 2.86 bits per heavy atom. The molecule has 1 aliphatic heterocycles. The molecular formula is C18H16N3O7-. The number of ether oxygens (including phenoxy) is 3. The third kappa shape index (κ3) is 4.11. The summed E-state index contributed by atoms with van der Waals surface area (Å²) in [4.78, 5) is 22.5. The van der Waals surface area contributed by atoms with Crippen LogP contribution in [0, 0.1) is 10.1 Å². The first-order chi connectivity index (χ1) is 13.5. The number of nitrogens with zero attached hydrogens (tertiary/aromatic N) is 2. The van der Waals surface area contributed by atoms with Gasteiger partial charge in [0.1, 0.15) is 12.4 Å². The third-order valence-electron chi connectivity index (χ3n) is 3.76. The molecule has 10 nitrogen and oxygen atoms in total. The fourth-order valence-corrected chi connectivity index (χ4v) is 2.46. The van der Waals surface area contributed by atoms with Gasteiger partial charge in [0.05, 0.1) is 23.8 Å². The van der Waals surface area contributed by atoms with Crippen LogP contribution in [0.1, 0.15) is 12.5 Å². The molecule has 1 N–H and O–H groups in total. The molecule has 2 aromatic carbocycles. The Labute approximate surface area is 159 Å². The Morgan fingerprint density at radius 1 is 1.39 bits per heavy atom. The second-order valence-corrected chi connectivity index (χ2v) is 5.65. The Hall–Kier alpha value is -3.82. The lowest BCUT2D eigenvalue weighted by Gasteiger charge is -2.24. The number of nitrogens with one attached hydrogen (secondary N) is 1. The lowest BCUT2D eigenvalue weighted by molar-refractivity contribution is -0.385. The minimum absolute atomic E-state index is 0.00350. The summed E-state index contributed by atoms with van der Waals surface area (Å²) >= 11 is 0. The first-order valence-corrected chi connectivity index (χ1v) is 8.33. The van der Waals surface area contributed by atoms with E-state index < -0.39 is 22.7 Å². The fraction of sp³-hybridized carbons (Fsp3) is 0.222. The van der Waals surface area contributed by atoms with Crippen LogP contribution in [0.4, 0.5) is 5.69 Å². The van der Waals surface area contributed by atoms with Gasteiger partial charge in [-0.15, -0.1) is 0 Å². The molecule has 1 aliphatic rings. The van der Waals surface area contributed by atoms with E-state index in [2.05, 4.69) is 10.5 Å². The average Bonchev–Trinajstić information content (AvgIpc) is 2.70. The number of carbonyl (C=O) groups is 1. The van der Waals surface area contributed by atoms with Crippen LogP contribution in [0.15, 0.2) is 41.5 Å². The molecule has 0 saturated carbocycles. The highest BCUT2D eigenvalue weighted by Crippen LogP contribution is 2.32. The summed E-state index contributed by atoms with van der Waals surface area (Å²) in [5.41, 5.74) is 1.82. The number of amides is 1. The van der Waals surface area contributed by atoms with Gasteiger partial charge < -0.3 is 19.3 Å². The predicted molar refractivity (Wildman–Crippen MR) is 95.8 cm³/mol. The number of non-ortho nitro benzene ring substituents is 1. The van der Waals surface area contributed by atoms with Crippen molar-refractivity contribution >= 4 is 17.8 Å². The van der Waals surface area contributed by atoms with Crippen molar-refractivity contribution in [1.29, 1.82) is 0 Å². The van der Waals surface area contributed by atoms with Crippen LogP contribution in [-0.2, 0) is 4.79 Å².